The summed E-state index contributed by atoms with van der Waals surface area (Å²) in [6.45, 7) is 7.80. The van der Waals surface area contributed by atoms with Crippen LogP contribution in [0.5, 0.6) is 0 Å². The molecule has 0 saturated carbocycles. The Morgan fingerprint density at radius 2 is 2.00 bits per heavy atom. The van der Waals surface area contributed by atoms with Crippen molar-refractivity contribution in [3.63, 3.8) is 0 Å². The van der Waals surface area contributed by atoms with Crippen LogP contribution in [0.2, 0.25) is 0 Å². The summed E-state index contributed by atoms with van der Waals surface area (Å²) in [5.41, 5.74) is 2.89. The molecule has 1 amide bonds. The average Bonchev–Trinajstić information content (AvgIpc) is 2.39. The highest BCUT2D eigenvalue weighted by molar-refractivity contribution is 5.93. The van der Waals surface area contributed by atoms with Crippen molar-refractivity contribution in [3.05, 3.63) is 39.3 Å². The number of H-pyrrole nitrogens is 1. The van der Waals surface area contributed by atoms with Gasteiger partial charge in [-0.2, -0.15) is 0 Å². The number of nitrogens with zero attached hydrogens (tertiary/aromatic N) is 1. The van der Waals surface area contributed by atoms with E-state index in [1.54, 1.807) is 0 Å². The van der Waals surface area contributed by atoms with E-state index in [4.69, 9.17) is 0 Å². The van der Waals surface area contributed by atoms with E-state index in [0.717, 1.165) is 17.5 Å². The van der Waals surface area contributed by atoms with Gasteiger partial charge in [0.2, 0.25) is 0 Å². The van der Waals surface area contributed by atoms with Crippen LogP contribution in [0.3, 0.4) is 0 Å². The Kier molecular flexibility index (Phi) is 3.88. The highest BCUT2D eigenvalue weighted by Gasteiger charge is 2.15. The number of hydrogen-bond acceptors (Lipinski definition) is 3. The van der Waals surface area contributed by atoms with Crippen LogP contribution in [-0.2, 0) is 0 Å². The summed E-state index contributed by atoms with van der Waals surface area (Å²) in [5, 5.41) is 2.76. The van der Waals surface area contributed by atoms with Crippen LogP contribution in [0, 0.1) is 13.8 Å². The van der Waals surface area contributed by atoms with E-state index < -0.39 is 11.5 Å². The third kappa shape index (κ3) is 2.71. The number of hydrogen-bond donors (Lipinski definition) is 2. The number of carbonyl (C=O) groups excluding carboxylic acids is 1. The molecule has 0 saturated heterocycles. The molecule has 106 valence electrons. The van der Waals surface area contributed by atoms with Gasteiger partial charge in [0.25, 0.3) is 11.5 Å². The Hall–Kier alpha value is -2.17. The average molecular weight is 273 g/mol. The second kappa shape index (κ2) is 5.45. The van der Waals surface area contributed by atoms with Gasteiger partial charge in [0, 0.05) is 6.04 Å². The maximum Gasteiger partial charge on any atom is 0.280 e. The largest absolute Gasteiger partial charge is 0.348 e. The summed E-state index contributed by atoms with van der Waals surface area (Å²) in [5.74, 6) is -0.430. The lowest BCUT2D eigenvalue weighted by Gasteiger charge is -2.11. The van der Waals surface area contributed by atoms with Crippen molar-refractivity contribution in [3.8, 4) is 0 Å². The van der Waals surface area contributed by atoms with Crippen LogP contribution in [0.1, 0.15) is 41.9 Å². The van der Waals surface area contributed by atoms with Gasteiger partial charge in [-0.25, -0.2) is 4.98 Å². The first kappa shape index (κ1) is 14.2. The molecule has 2 rings (SSSR count). The second-order valence-electron chi connectivity index (χ2n) is 5.15. The minimum absolute atomic E-state index is 0.0131. The molecule has 0 radical (unpaired) electrons. The lowest BCUT2D eigenvalue weighted by atomic mass is 10.1. The SMILES string of the molecule is CCC(C)NC(=O)c1nc2cc(C)c(C)cc2[nH]c1=O. The zero-order valence-corrected chi connectivity index (χ0v) is 12.2. The zero-order chi connectivity index (χ0) is 14.9. The van der Waals surface area contributed by atoms with Crippen LogP contribution in [-0.4, -0.2) is 21.9 Å². The number of aryl methyl sites for hydroxylation is 2. The van der Waals surface area contributed by atoms with Crippen LogP contribution < -0.4 is 10.9 Å². The number of rotatable bonds is 3. The van der Waals surface area contributed by atoms with Crippen LogP contribution in [0.15, 0.2) is 16.9 Å². The summed E-state index contributed by atoms with van der Waals surface area (Å²) in [7, 11) is 0. The summed E-state index contributed by atoms with van der Waals surface area (Å²) < 4.78 is 0. The third-order valence-electron chi connectivity index (χ3n) is 3.51. The first-order valence-corrected chi connectivity index (χ1v) is 6.74. The van der Waals surface area contributed by atoms with Crippen molar-refractivity contribution in [2.75, 3.05) is 0 Å². The van der Waals surface area contributed by atoms with Gasteiger partial charge in [-0.1, -0.05) is 6.92 Å². The number of carbonyl (C=O) groups is 1. The number of aromatic nitrogens is 2. The number of nitrogens with one attached hydrogen (secondary N) is 2. The number of benzene rings is 1. The Morgan fingerprint density at radius 1 is 1.35 bits per heavy atom. The maximum absolute atomic E-state index is 12.0. The standard InChI is InChI=1S/C15H19N3O2/c1-5-10(4)16-14(19)13-15(20)18-12-7-9(3)8(2)6-11(12)17-13/h6-7,10H,5H2,1-4H3,(H,16,19)(H,18,20). The fourth-order valence-electron chi connectivity index (χ4n) is 1.89. The summed E-state index contributed by atoms with van der Waals surface area (Å²) in [6, 6.07) is 3.76. The minimum Gasteiger partial charge on any atom is -0.348 e. The van der Waals surface area contributed by atoms with E-state index in [-0.39, 0.29) is 11.7 Å². The van der Waals surface area contributed by atoms with Gasteiger partial charge in [0.15, 0.2) is 5.69 Å². The Bertz CT molecular complexity index is 719. The number of aromatic amines is 1. The van der Waals surface area contributed by atoms with Crippen molar-refractivity contribution < 1.29 is 4.79 Å². The fourth-order valence-corrected chi connectivity index (χ4v) is 1.89. The zero-order valence-electron chi connectivity index (χ0n) is 12.2. The summed E-state index contributed by atoms with van der Waals surface area (Å²) in [6.07, 6.45) is 0.801. The number of amides is 1. The predicted octanol–water partition coefficient (Wildman–Crippen LogP) is 2.07. The summed E-state index contributed by atoms with van der Waals surface area (Å²) in [4.78, 5) is 30.9. The van der Waals surface area contributed by atoms with Gasteiger partial charge < -0.3 is 10.3 Å². The quantitative estimate of drug-likeness (QED) is 0.899. The first-order chi connectivity index (χ1) is 9.42. The molecule has 1 atom stereocenters. The highest BCUT2D eigenvalue weighted by Crippen LogP contribution is 2.14. The molecule has 1 aromatic heterocycles. The molecule has 0 aliphatic rings. The molecule has 0 aliphatic heterocycles. The Labute approximate surface area is 117 Å². The highest BCUT2D eigenvalue weighted by atomic mass is 16.2. The molecule has 2 aromatic rings. The van der Waals surface area contributed by atoms with E-state index in [1.807, 2.05) is 39.8 Å². The molecule has 5 heteroatoms. The van der Waals surface area contributed by atoms with Crippen LogP contribution in [0.4, 0.5) is 0 Å². The lowest BCUT2D eigenvalue weighted by Crippen LogP contribution is -2.36. The minimum atomic E-state index is -0.457. The Balaban J connectivity index is 2.50. The van der Waals surface area contributed by atoms with Crippen LogP contribution in [0.25, 0.3) is 11.0 Å². The van der Waals surface area contributed by atoms with E-state index in [2.05, 4.69) is 15.3 Å². The van der Waals surface area contributed by atoms with E-state index in [1.165, 1.54) is 0 Å². The van der Waals surface area contributed by atoms with Gasteiger partial charge in [0.05, 0.1) is 11.0 Å². The van der Waals surface area contributed by atoms with E-state index in [9.17, 15) is 9.59 Å². The second-order valence-corrected chi connectivity index (χ2v) is 5.15. The third-order valence-corrected chi connectivity index (χ3v) is 3.51. The van der Waals surface area contributed by atoms with Crippen molar-refractivity contribution in [1.29, 1.82) is 0 Å². The molecule has 0 spiro atoms. The molecule has 5 nitrogen and oxygen atoms in total. The van der Waals surface area contributed by atoms with Gasteiger partial charge in [-0.05, 0) is 50.5 Å². The normalized spacial score (nSPS) is 12.4. The smallest absolute Gasteiger partial charge is 0.280 e. The Morgan fingerprint density at radius 3 is 2.65 bits per heavy atom. The van der Waals surface area contributed by atoms with Crippen LogP contribution >= 0.6 is 0 Å². The van der Waals surface area contributed by atoms with Crippen molar-refractivity contribution in [2.24, 2.45) is 0 Å². The maximum atomic E-state index is 12.0. The molecule has 0 aliphatic carbocycles. The molecule has 20 heavy (non-hydrogen) atoms. The molecular formula is C15H19N3O2. The van der Waals surface area contributed by atoms with Gasteiger partial charge in [-0.15, -0.1) is 0 Å². The van der Waals surface area contributed by atoms with Gasteiger partial charge in [0.1, 0.15) is 0 Å². The summed E-state index contributed by atoms with van der Waals surface area (Å²) >= 11 is 0. The molecule has 0 bridgehead atoms. The first-order valence-electron chi connectivity index (χ1n) is 6.74. The molecule has 1 heterocycles. The topological polar surface area (TPSA) is 74.8 Å². The molecular weight excluding hydrogens is 254 g/mol. The van der Waals surface area contributed by atoms with E-state index >= 15 is 0 Å². The predicted molar refractivity (Wildman–Crippen MR) is 79.1 cm³/mol. The van der Waals surface area contributed by atoms with E-state index in [0.29, 0.717) is 11.0 Å². The van der Waals surface area contributed by atoms with Crippen molar-refractivity contribution in [1.82, 2.24) is 15.3 Å². The monoisotopic (exact) mass is 273 g/mol. The van der Waals surface area contributed by atoms with Crippen molar-refractivity contribution >= 4 is 16.9 Å². The lowest BCUT2D eigenvalue weighted by molar-refractivity contribution is 0.0933. The fraction of sp³-hybridized carbons (Fsp3) is 0.400. The molecule has 2 N–H and O–H groups in total. The molecule has 0 fully saturated rings. The molecule has 1 aromatic carbocycles. The molecule has 1 unspecified atom stereocenters. The van der Waals surface area contributed by atoms with Gasteiger partial charge >= 0.3 is 0 Å². The van der Waals surface area contributed by atoms with Gasteiger partial charge in [-0.3, -0.25) is 9.59 Å². The van der Waals surface area contributed by atoms with Crippen molar-refractivity contribution in [2.45, 2.75) is 40.2 Å². The number of fused-ring (bicyclic) bond motifs is 1.